The second kappa shape index (κ2) is 4.27. The molecule has 0 spiro atoms. The van der Waals surface area contributed by atoms with Gasteiger partial charge in [0.1, 0.15) is 0 Å². The van der Waals surface area contributed by atoms with Gasteiger partial charge in [0.05, 0.1) is 0 Å². The molecule has 1 aromatic carbocycles. The van der Waals surface area contributed by atoms with Crippen LogP contribution in [0.5, 0.6) is 0 Å². The molecule has 0 nitrogen and oxygen atoms in total. The number of allylic oxidation sites excluding steroid dienone is 1. The summed E-state index contributed by atoms with van der Waals surface area (Å²) in [4.78, 5) is 0. The minimum atomic E-state index is 1.07. The molecule has 0 saturated carbocycles. The van der Waals surface area contributed by atoms with E-state index in [1.807, 2.05) is 6.08 Å². The summed E-state index contributed by atoms with van der Waals surface area (Å²) in [6.45, 7) is 10.3. The first kappa shape index (κ1) is 10.0. The first-order chi connectivity index (χ1) is 6.16. The highest BCUT2D eigenvalue weighted by atomic mass is 14.1. The maximum absolute atomic E-state index is 3.75. The van der Waals surface area contributed by atoms with E-state index in [0.717, 1.165) is 12.8 Å². The van der Waals surface area contributed by atoms with E-state index in [2.05, 4.69) is 39.5 Å². The molecule has 0 saturated heterocycles. The summed E-state index contributed by atoms with van der Waals surface area (Å²) in [5, 5.41) is 0. The van der Waals surface area contributed by atoms with Crippen molar-refractivity contribution in [1.82, 2.24) is 0 Å². The molecule has 1 aromatic rings. The highest BCUT2D eigenvalue weighted by Gasteiger charge is 2.01. The third-order valence-electron chi connectivity index (χ3n) is 2.79. The monoisotopic (exact) mass is 174 g/mol. The molecule has 0 heteroatoms. The van der Waals surface area contributed by atoms with Crippen LogP contribution >= 0.6 is 0 Å². The molecule has 0 N–H and O–H groups in total. The molecule has 0 unspecified atom stereocenters. The van der Waals surface area contributed by atoms with Crippen LogP contribution in [0.25, 0.3) is 0 Å². The Balaban J connectivity index is 2.96. The second-order valence-electron chi connectivity index (χ2n) is 3.62. The van der Waals surface area contributed by atoms with Crippen LogP contribution in [0.3, 0.4) is 0 Å². The number of benzene rings is 1. The Morgan fingerprint density at radius 1 is 1.15 bits per heavy atom. The third-order valence-corrected chi connectivity index (χ3v) is 2.79. The van der Waals surface area contributed by atoms with Gasteiger partial charge in [0, 0.05) is 0 Å². The molecular weight excluding hydrogens is 156 g/mol. The molecule has 0 atom stereocenters. The molecule has 0 amide bonds. The Morgan fingerprint density at radius 2 is 1.85 bits per heavy atom. The zero-order valence-electron chi connectivity index (χ0n) is 8.85. The zero-order valence-corrected chi connectivity index (χ0v) is 8.85. The Bertz CT molecular complexity index is 308. The van der Waals surface area contributed by atoms with Crippen LogP contribution in [0.1, 0.15) is 28.7 Å². The van der Waals surface area contributed by atoms with Gasteiger partial charge in [-0.1, -0.05) is 18.2 Å². The molecule has 13 heavy (non-hydrogen) atoms. The lowest BCUT2D eigenvalue weighted by Gasteiger charge is -2.09. The quantitative estimate of drug-likeness (QED) is 0.612. The van der Waals surface area contributed by atoms with Crippen molar-refractivity contribution in [2.45, 2.75) is 33.6 Å². The van der Waals surface area contributed by atoms with Crippen molar-refractivity contribution in [3.05, 3.63) is 47.0 Å². The molecule has 1 rings (SSSR count). The Kier molecular flexibility index (Phi) is 3.30. The standard InChI is InChI=1S/C13H18/c1-5-6-7-13-9-8-10(2)11(3)12(13)4/h5,8-9H,1,6-7H2,2-4H3. The van der Waals surface area contributed by atoms with Crippen molar-refractivity contribution in [3.63, 3.8) is 0 Å². The molecular formula is C13H18. The van der Waals surface area contributed by atoms with Crippen molar-refractivity contribution in [2.75, 3.05) is 0 Å². The molecule has 0 aliphatic rings. The smallest absolute Gasteiger partial charge is 0.0242 e. The van der Waals surface area contributed by atoms with Gasteiger partial charge in [0.2, 0.25) is 0 Å². The Labute approximate surface area is 81.3 Å². The number of hydrogen-bond donors (Lipinski definition) is 0. The van der Waals surface area contributed by atoms with Crippen LogP contribution in [0.15, 0.2) is 24.8 Å². The average Bonchev–Trinajstić information content (AvgIpc) is 2.13. The van der Waals surface area contributed by atoms with Gasteiger partial charge >= 0.3 is 0 Å². The van der Waals surface area contributed by atoms with Crippen molar-refractivity contribution in [2.24, 2.45) is 0 Å². The molecule has 0 fully saturated rings. The lowest BCUT2D eigenvalue weighted by Crippen LogP contribution is -1.94. The van der Waals surface area contributed by atoms with Crippen LogP contribution in [0.4, 0.5) is 0 Å². The normalized spacial score (nSPS) is 10.1. The lowest BCUT2D eigenvalue weighted by atomic mass is 9.96. The summed E-state index contributed by atoms with van der Waals surface area (Å²) in [6.07, 6.45) is 4.18. The van der Waals surface area contributed by atoms with Crippen LogP contribution in [0.2, 0.25) is 0 Å². The van der Waals surface area contributed by atoms with Gasteiger partial charge in [-0.2, -0.15) is 0 Å². The summed E-state index contributed by atoms with van der Waals surface area (Å²) < 4.78 is 0. The first-order valence-electron chi connectivity index (χ1n) is 4.83. The molecule has 0 aromatic heterocycles. The molecule has 0 aliphatic heterocycles. The summed E-state index contributed by atoms with van der Waals surface area (Å²) in [6, 6.07) is 4.45. The van der Waals surface area contributed by atoms with E-state index in [4.69, 9.17) is 0 Å². The van der Waals surface area contributed by atoms with E-state index in [-0.39, 0.29) is 0 Å². The predicted octanol–water partition coefficient (Wildman–Crippen LogP) is 3.73. The van der Waals surface area contributed by atoms with E-state index in [9.17, 15) is 0 Å². The number of hydrogen-bond acceptors (Lipinski definition) is 0. The minimum absolute atomic E-state index is 1.07. The summed E-state index contributed by atoms with van der Waals surface area (Å²) in [7, 11) is 0. The summed E-state index contributed by atoms with van der Waals surface area (Å²) >= 11 is 0. The van der Waals surface area contributed by atoms with Gasteiger partial charge in [-0.15, -0.1) is 6.58 Å². The molecule has 0 heterocycles. The van der Waals surface area contributed by atoms with Crippen LogP contribution in [0, 0.1) is 20.8 Å². The third kappa shape index (κ3) is 2.21. The second-order valence-corrected chi connectivity index (χ2v) is 3.62. The number of aryl methyl sites for hydroxylation is 2. The Morgan fingerprint density at radius 3 is 2.46 bits per heavy atom. The average molecular weight is 174 g/mol. The summed E-state index contributed by atoms with van der Waals surface area (Å²) in [5.41, 5.74) is 5.73. The lowest BCUT2D eigenvalue weighted by molar-refractivity contribution is 0.980. The maximum Gasteiger partial charge on any atom is -0.0242 e. The van der Waals surface area contributed by atoms with E-state index < -0.39 is 0 Å². The molecule has 0 aliphatic carbocycles. The molecule has 0 radical (unpaired) electrons. The van der Waals surface area contributed by atoms with Crippen molar-refractivity contribution >= 4 is 0 Å². The zero-order chi connectivity index (χ0) is 9.84. The largest absolute Gasteiger partial charge is 0.103 e. The van der Waals surface area contributed by atoms with Gasteiger partial charge in [-0.3, -0.25) is 0 Å². The van der Waals surface area contributed by atoms with Gasteiger partial charge < -0.3 is 0 Å². The van der Waals surface area contributed by atoms with Crippen molar-refractivity contribution < 1.29 is 0 Å². The van der Waals surface area contributed by atoms with Crippen molar-refractivity contribution in [3.8, 4) is 0 Å². The van der Waals surface area contributed by atoms with E-state index >= 15 is 0 Å². The van der Waals surface area contributed by atoms with E-state index in [1.54, 1.807) is 0 Å². The van der Waals surface area contributed by atoms with E-state index in [1.165, 1.54) is 22.3 Å². The fourth-order valence-electron chi connectivity index (χ4n) is 1.54. The van der Waals surface area contributed by atoms with Crippen LogP contribution in [-0.2, 0) is 6.42 Å². The highest BCUT2D eigenvalue weighted by Crippen LogP contribution is 2.18. The van der Waals surface area contributed by atoms with Gasteiger partial charge in [-0.25, -0.2) is 0 Å². The highest BCUT2D eigenvalue weighted by molar-refractivity contribution is 5.38. The van der Waals surface area contributed by atoms with Crippen LogP contribution < -0.4 is 0 Å². The topological polar surface area (TPSA) is 0 Å². The molecule has 0 bridgehead atoms. The first-order valence-corrected chi connectivity index (χ1v) is 4.83. The van der Waals surface area contributed by atoms with Crippen molar-refractivity contribution in [1.29, 1.82) is 0 Å². The summed E-state index contributed by atoms with van der Waals surface area (Å²) in [5.74, 6) is 0. The minimum Gasteiger partial charge on any atom is -0.103 e. The van der Waals surface area contributed by atoms with Gasteiger partial charge in [0.25, 0.3) is 0 Å². The van der Waals surface area contributed by atoms with E-state index in [0.29, 0.717) is 0 Å². The van der Waals surface area contributed by atoms with Gasteiger partial charge in [0.15, 0.2) is 0 Å². The fraction of sp³-hybridized carbons (Fsp3) is 0.385. The molecule has 70 valence electrons. The Hall–Kier alpha value is -1.04. The SMILES string of the molecule is C=CCCc1ccc(C)c(C)c1C. The number of rotatable bonds is 3. The predicted molar refractivity (Wildman–Crippen MR) is 59.2 cm³/mol. The van der Waals surface area contributed by atoms with Gasteiger partial charge in [-0.05, 0) is 55.9 Å². The maximum atomic E-state index is 3.75. The fourth-order valence-corrected chi connectivity index (χ4v) is 1.54. The van der Waals surface area contributed by atoms with Crippen LogP contribution in [-0.4, -0.2) is 0 Å².